The van der Waals surface area contributed by atoms with E-state index in [4.69, 9.17) is 0 Å². The molecule has 1 rings (SSSR count). The van der Waals surface area contributed by atoms with Gasteiger partial charge in [-0.05, 0) is 19.3 Å². The molecule has 0 radical (unpaired) electrons. The van der Waals surface area contributed by atoms with Crippen LogP contribution in [0.15, 0.2) is 0 Å². The minimum Gasteiger partial charge on any atom is -0.387 e. The molecule has 3 heteroatoms. The number of hydrogen-bond donors (Lipinski definition) is 1. The van der Waals surface area contributed by atoms with E-state index < -0.39 is 6.10 Å². The topological polar surface area (TPSA) is 33.1 Å². The van der Waals surface area contributed by atoms with Gasteiger partial charge in [0.05, 0.1) is 21.7 Å². The molecule has 1 heterocycles. The first-order valence-corrected chi connectivity index (χ1v) is 5.26. The molecular formula is C10H17NOS. The zero-order valence-electron chi connectivity index (χ0n) is 8.88. The largest absolute Gasteiger partial charge is 0.387 e. The lowest BCUT2D eigenvalue weighted by Crippen LogP contribution is -2.17. The van der Waals surface area contributed by atoms with Gasteiger partial charge in [0.2, 0.25) is 0 Å². The van der Waals surface area contributed by atoms with Gasteiger partial charge in [-0.2, -0.15) is 0 Å². The molecule has 0 aliphatic heterocycles. The van der Waals surface area contributed by atoms with E-state index in [9.17, 15) is 5.11 Å². The van der Waals surface area contributed by atoms with Gasteiger partial charge in [-0.1, -0.05) is 20.8 Å². The lowest BCUT2D eigenvalue weighted by Gasteiger charge is -2.24. The summed E-state index contributed by atoms with van der Waals surface area (Å²) in [5, 5.41) is 11.0. The van der Waals surface area contributed by atoms with Crippen molar-refractivity contribution in [1.82, 2.24) is 4.98 Å². The number of aromatic nitrogens is 1. The van der Waals surface area contributed by atoms with Crippen molar-refractivity contribution in [1.29, 1.82) is 0 Å². The van der Waals surface area contributed by atoms with Crippen LogP contribution in [0.4, 0.5) is 0 Å². The van der Waals surface area contributed by atoms with Crippen LogP contribution in [-0.4, -0.2) is 10.1 Å². The summed E-state index contributed by atoms with van der Waals surface area (Å²) in [5.41, 5.74) is 0.855. The predicted molar refractivity (Wildman–Crippen MR) is 56.0 cm³/mol. The van der Waals surface area contributed by atoms with Crippen molar-refractivity contribution in [3.8, 4) is 0 Å². The molecular weight excluding hydrogens is 182 g/mol. The van der Waals surface area contributed by atoms with Crippen LogP contribution in [0.5, 0.6) is 0 Å². The van der Waals surface area contributed by atoms with Crippen molar-refractivity contribution in [2.24, 2.45) is 5.41 Å². The highest BCUT2D eigenvalue weighted by atomic mass is 32.1. The van der Waals surface area contributed by atoms with Crippen LogP contribution in [0.1, 0.15) is 42.5 Å². The van der Waals surface area contributed by atoms with Crippen molar-refractivity contribution in [2.45, 2.75) is 40.7 Å². The van der Waals surface area contributed by atoms with E-state index in [1.807, 2.05) is 34.6 Å². The molecule has 1 unspecified atom stereocenters. The van der Waals surface area contributed by atoms with Crippen molar-refractivity contribution in [2.75, 3.05) is 0 Å². The van der Waals surface area contributed by atoms with Crippen LogP contribution in [0.25, 0.3) is 0 Å². The quantitative estimate of drug-likeness (QED) is 0.754. The molecule has 1 aromatic heterocycles. The van der Waals surface area contributed by atoms with Crippen LogP contribution in [0.2, 0.25) is 0 Å². The third kappa shape index (κ3) is 2.29. The summed E-state index contributed by atoms with van der Waals surface area (Å²) in [4.78, 5) is 5.31. The fraction of sp³-hybridized carbons (Fsp3) is 0.700. The van der Waals surface area contributed by atoms with Crippen molar-refractivity contribution in [3.63, 3.8) is 0 Å². The molecule has 0 amide bonds. The summed E-state index contributed by atoms with van der Waals surface area (Å²) in [7, 11) is 0. The van der Waals surface area contributed by atoms with E-state index in [2.05, 4.69) is 4.98 Å². The first-order chi connectivity index (χ1) is 5.82. The van der Waals surface area contributed by atoms with Gasteiger partial charge in [-0.25, -0.2) is 4.98 Å². The highest BCUT2D eigenvalue weighted by Crippen LogP contribution is 2.36. The monoisotopic (exact) mass is 199 g/mol. The van der Waals surface area contributed by atoms with Gasteiger partial charge in [-0.15, -0.1) is 11.3 Å². The molecule has 0 saturated carbocycles. The van der Waals surface area contributed by atoms with Gasteiger partial charge in [0.15, 0.2) is 0 Å². The highest BCUT2D eigenvalue weighted by molar-refractivity contribution is 7.11. The molecule has 1 aromatic rings. The molecule has 0 fully saturated rings. The number of aryl methyl sites for hydroxylation is 2. The van der Waals surface area contributed by atoms with Gasteiger partial charge in [0.25, 0.3) is 0 Å². The van der Waals surface area contributed by atoms with Crippen molar-refractivity contribution < 1.29 is 5.11 Å². The molecule has 2 nitrogen and oxygen atoms in total. The van der Waals surface area contributed by atoms with E-state index >= 15 is 0 Å². The van der Waals surface area contributed by atoms with Gasteiger partial charge >= 0.3 is 0 Å². The number of aliphatic hydroxyl groups excluding tert-OH is 1. The normalized spacial score (nSPS) is 14.6. The van der Waals surface area contributed by atoms with Crippen molar-refractivity contribution in [3.05, 3.63) is 15.6 Å². The summed E-state index contributed by atoms with van der Waals surface area (Å²) in [6.45, 7) is 10.0. The highest BCUT2D eigenvalue weighted by Gasteiger charge is 2.27. The standard InChI is InChI=1S/C10H17NOS/c1-6-8(13-7(2)11-6)9(12)10(3,4)5/h9,12H,1-5H3. The van der Waals surface area contributed by atoms with Crippen molar-refractivity contribution >= 4 is 11.3 Å². The maximum absolute atomic E-state index is 10.0. The summed E-state index contributed by atoms with van der Waals surface area (Å²) in [6.07, 6.45) is -0.404. The Morgan fingerprint density at radius 3 is 2.15 bits per heavy atom. The van der Waals surface area contributed by atoms with Crippen LogP contribution >= 0.6 is 11.3 Å². The molecule has 0 aliphatic carbocycles. The van der Waals surface area contributed by atoms with E-state index in [1.165, 1.54) is 0 Å². The zero-order valence-corrected chi connectivity index (χ0v) is 9.70. The molecule has 0 aromatic carbocycles. The molecule has 0 bridgehead atoms. The summed E-state index contributed by atoms with van der Waals surface area (Å²) in [5.74, 6) is 0. The van der Waals surface area contributed by atoms with Gasteiger partial charge in [0, 0.05) is 0 Å². The molecule has 0 spiro atoms. The third-order valence-electron chi connectivity index (χ3n) is 2.01. The predicted octanol–water partition coefficient (Wildman–Crippen LogP) is 2.84. The fourth-order valence-corrected chi connectivity index (χ4v) is 2.35. The Labute approximate surface area is 83.6 Å². The fourth-order valence-electron chi connectivity index (χ4n) is 1.19. The first-order valence-electron chi connectivity index (χ1n) is 4.44. The third-order valence-corrected chi connectivity index (χ3v) is 3.13. The van der Waals surface area contributed by atoms with Crippen LogP contribution in [0.3, 0.4) is 0 Å². The van der Waals surface area contributed by atoms with Crippen LogP contribution in [0, 0.1) is 19.3 Å². The SMILES string of the molecule is Cc1nc(C)c(C(O)C(C)(C)C)s1. The molecule has 0 aliphatic rings. The second-order valence-corrected chi connectivity index (χ2v) is 5.69. The second kappa shape index (κ2) is 3.39. The number of nitrogens with zero attached hydrogens (tertiary/aromatic N) is 1. The van der Waals surface area contributed by atoms with Gasteiger partial charge < -0.3 is 5.11 Å². The minimum atomic E-state index is -0.404. The number of thiazole rings is 1. The Morgan fingerprint density at radius 2 is 1.85 bits per heavy atom. The number of hydrogen-bond acceptors (Lipinski definition) is 3. The molecule has 1 N–H and O–H groups in total. The maximum atomic E-state index is 10.0. The summed E-state index contributed by atoms with van der Waals surface area (Å²) < 4.78 is 0. The molecule has 1 atom stereocenters. The molecule has 13 heavy (non-hydrogen) atoms. The number of aliphatic hydroxyl groups is 1. The van der Waals surface area contributed by atoms with E-state index in [0.717, 1.165) is 15.6 Å². The van der Waals surface area contributed by atoms with Gasteiger partial charge in [0.1, 0.15) is 0 Å². The average molecular weight is 199 g/mol. The smallest absolute Gasteiger partial charge is 0.0948 e. The van der Waals surface area contributed by atoms with E-state index in [-0.39, 0.29) is 5.41 Å². The average Bonchev–Trinajstić information content (AvgIpc) is 2.26. The first kappa shape index (κ1) is 10.7. The maximum Gasteiger partial charge on any atom is 0.0948 e. The Kier molecular flexibility index (Phi) is 2.78. The van der Waals surface area contributed by atoms with Crippen LogP contribution in [-0.2, 0) is 0 Å². The van der Waals surface area contributed by atoms with Gasteiger partial charge in [-0.3, -0.25) is 0 Å². The van der Waals surface area contributed by atoms with Crippen LogP contribution < -0.4 is 0 Å². The summed E-state index contributed by atoms with van der Waals surface area (Å²) in [6, 6.07) is 0. The summed E-state index contributed by atoms with van der Waals surface area (Å²) >= 11 is 1.59. The lowest BCUT2D eigenvalue weighted by molar-refractivity contribution is 0.0651. The lowest BCUT2D eigenvalue weighted by atomic mass is 9.88. The second-order valence-electron chi connectivity index (χ2n) is 4.45. The molecule has 0 saturated heterocycles. The van der Waals surface area contributed by atoms with E-state index in [1.54, 1.807) is 11.3 Å². The Bertz CT molecular complexity index is 298. The Morgan fingerprint density at radius 1 is 1.31 bits per heavy atom. The minimum absolute atomic E-state index is 0.107. The number of rotatable bonds is 1. The molecule has 74 valence electrons. The Hall–Kier alpha value is -0.410. The van der Waals surface area contributed by atoms with E-state index in [0.29, 0.717) is 0 Å². The Balaban J connectivity index is 3.01. The zero-order chi connectivity index (χ0) is 10.2.